The van der Waals surface area contributed by atoms with Crippen LogP contribution in [0.3, 0.4) is 0 Å². The van der Waals surface area contributed by atoms with Crippen molar-refractivity contribution in [1.82, 2.24) is 0 Å². The molecule has 0 unspecified atom stereocenters. The molecule has 3 heteroatoms. The zero-order valence-corrected chi connectivity index (χ0v) is 11.3. The molecule has 0 saturated carbocycles. The first-order chi connectivity index (χ1) is 8.48. The molecule has 0 radical (unpaired) electrons. The van der Waals surface area contributed by atoms with E-state index in [1.807, 2.05) is 45.0 Å². The summed E-state index contributed by atoms with van der Waals surface area (Å²) in [6.07, 6.45) is 1.59. The maximum atomic E-state index is 12.2. The summed E-state index contributed by atoms with van der Waals surface area (Å²) in [7, 11) is 0. The molecule has 1 heterocycles. The Kier molecular flexibility index (Phi) is 3.71. The Bertz CT molecular complexity index is 440. The monoisotopic (exact) mass is 247 g/mol. The summed E-state index contributed by atoms with van der Waals surface area (Å²) in [4.78, 5) is 12.2. The van der Waals surface area contributed by atoms with Crippen LogP contribution in [0.2, 0.25) is 0 Å². The molecule has 1 aliphatic rings. The molecule has 1 aliphatic heterocycles. The molecule has 1 aromatic rings. The van der Waals surface area contributed by atoms with Crippen molar-refractivity contribution in [3.8, 4) is 0 Å². The van der Waals surface area contributed by atoms with Crippen LogP contribution in [-0.2, 0) is 9.53 Å². The van der Waals surface area contributed by atoms with Gasteiger partial charge in [0, 0.05) is 18.2 Å². The number of aryl methyl sites for hydroxylation is 1. The van der Waals surface area contributed by atoms with Crippen LogP contribution in [0.5, 0.6) is 0 Å². The number of nitrogens with one attached hydrogen (secondary N) is 1. The Morgan fingerprint density at radius 3 is 2.78 bits per heavy atom. The number of carbonyl (C=O) groups excluding carboxylic acids is 1. The van der Waals surface area contributed by atoms with Gasteiger partial charge >= 0.3 is 0 Å². The molecule has 0 spiro atoms. The molecule has 0 aromatic heterocycles. The standard InChI is InChI=1S/C15H21NO2/c1-11-6-4-5-7-13(11)16-14(17)12-8-9-18-15(2,3)10-12/h4-7,12H,8-10H2,1-3H3,(H,16,17)/t12-/m0/s1. The highest BCUT2D eigenvalue weighted by Gasteiger charge is 2.32. The lowest BCUT2D eigenvalue weighted by Gasteiger charge is -2.34. The van der Waals surface area contributed by atoms with E-state index < -0.39 is 0 Å². The van der Waals surface area contributed by atoms with Crippen molar-refractivity contribution in [3.05, 3.63) is 29.8 Å². The van der Waals surface area contributed by atoms with E-state index >= 15 is 0 Å². The summed E-state index contributed by atoms with van der Waals surface area (Å²) in [5.74, 6) is 0.161. The number of hydrogen-bond donors (Lipinski definition) is 1. The fourth-order valence-corrected chi connectivity index (χ4v) is 2.40. The van der Waals surface area contributed by atoms with E-state index in [9.17, 15) is 4.79 Å². The van der Waals surface area contributed by atoms with E-state index in [4.69, 9.17) is 4.74 Å². The van der Waals surface area contributed by atoms with Crippen molar-refractivity contribution in [2.75, 3.05) is 11.9 Å². The second kappa shape index (κ2) is 5.11. The van der Waals surface area contributed by atoms with Crippen molar-refractivity contribution in [1.29, 1.82) is 0 Å². The average Bonchev–Trinajstić information content (AvgIpc) is 2.31. The molecule has 1 amide bonds. The molecule has 1 saturated heterocycles. The third-order valence-electron chi connectivity index (χ3n) is 3.47. The highest BCUT2D eigenvalue weighted by Crippen LogP contribution is 2.29. The molecule has 98 valence electrons. The van der Waals surface area contributed by atoms with E-state index in [1.54, 1.807) is 0 Å². The van der Waals surface area contributed by atoms with Crippen molar-refractivity contribution in [2.24, 2.45) is 5.92 Å². The number of amides is 1. The summed E-state index contributed by atoms with van der Waals surface area (Å²) in [6, 6.07) is 7.86. The first-order valence-corrected chi connectivity index (χ1v) is 6.48. The van der Waals surface area contributed by atoms with Gasteiger partial charge in [-0.15, -0.1) is 0 Å². The van der Waals surface area contributed by atoms with E-state index in [2.05, 4.69) is 5.32 Å². The van der Waals surface area contributed by atoms with Crippen LogP contribution in [0.25, 0.3) is 0 Å². The fourth-order valence-electron chi connectivity index (χ4n) is 2.40. The number of para-hydroxylation sites is 1. The zero-order valence-electron chi connectivity index (χ0n) is 11.3. The predicted molar refractivity (Wildman–Crippen MR) is 72.6 cm³/mol. The molecule has 1 N–H and O–H groups in total. The predicted octanol–water partition coefficient (Wildman–Crippen LogP) is 3.14. The van der Waals surface area contributed by atoms with Crippen LogP contribution in [-0.4, -0.2) is 18.1 Å². The molecule has 1 aromatic carbocycles. The number of ether oxygens (including phenoxy) is 1. The average molecular weight is 247 g/mol. The SMILES string of the molecule is Cc1ccccc1NC(=O)[C@H]1CCOC(C)(C)C1. The summed E-state index contributed by atoms with van der Waals surface area (Å²) >= 11 is 0. The minimum absolute atomic E-state index is 0.0494. The van der Waals surface area contributed by atoms with Crippen molar-refractivity contribution in [3.63, 3.8) is 0 Å². The molecular weight excluding hydrogens is 226 g/mol. The van der Waals surface area contributed by atoms with Gasteiger partial charge in [-0.25, -0.2) is 0 Å². The van der Waals surface area contributed by atoms with Crippen molar-refractivity contribution >= 4 is 11.6 Å². The molecule has 2 rings (SSSR count). The molecule has 18 heavy (non-hydrogen) atoms. The van der Waals surface area contributed by atoms with E-state index in [0.29, 0.717) is 6.61 Å². The smallest absolute Gasteiger partial charge is 0.227 e. The summed E-state index contributed by atoms with van der Waals surface area (Å²) in [5, 5.41) is 3.02. The number of benzene rings is 1. The van der Waals surface area contributed by atoms with Crippen molar-refractivity contribution in [2.45, 2.75) is 39.2 Å². The second-order valence-corrected chi connectivity index (χ2v) is 5.60. The number of carbonyl (C=O) groups is 1. The molecule has 1 atom stereocenters. The zero-order chi connectivity index (χ0) is 13.2. The third-order valence-corrected chi connectivity index (χ3v) is 3.47. The van der Waals surface area contributed by atoms with Gasteiger partial charge in [-0.2, -0.15) is 0 Å². The maximum absolute atomic E-state index is 12.2. The Balaban J connectivity index is 2.02. The lowest BCUT2D eigenvalue weighted by atomic mass is 9.87. The van der Waals surface area contributed by atoms with Crippen LogP contribution in [0.4, 0.5) is 5.69 Å². The number of anilines is 1. The largest absolute Gasteiger partial charge is 0.376 e. The molecule has 0 bridgehead atoms. The highest BCUT2D eigenvalue weighted by molar-refractivity contribution is 5.93. The van der Waals surface area contributed by atoms with E-state index in [-0.39, 0.29) is 17.4 Å². The van der Waals surface area contributed by atoms with Crippen LogP contribution in [0.1, 0.15) is 32.3 Å². The second-order valence-electron chi connectivity index (χ2n) is 5.60. The molecule has 1 fully saturated rings. The topological polar surface area (TPSA) is 38.3 Å². The van der Waals surface area contributed by atoms with Gasteiger partial charge < -0.3 is 10.1 Å². The lowest BCUT2D eigenvalue weighted by molar-refractivity contribution is -0.130. The van der Waals surface area contributed by atoms with Gasteiger partial charge in [0.15, 0.2) is 0 Å². The summed E-state index contributed by atoms with van der Waals surface area (Å²) < 4.78 is 5.64. The molecular formula is C15H21NO2. The summed E-state index contributed by atoms with van der Waals surface area (Å²) in [5.41, 5.74) is 1.82. The van der Waals surface area contributed by atoms with Gasteiger partial charge in [0.05, 0.1) is 5.60 Å². The molecule has 0 aliphatic carbocycles. The molecule has 3 nitrogen and oxygen atoms in total. The van der Waals surface area contributed by atoms with Crippen LogP contribution in [0, 0.1) is 12.8 Å². The quantitative estimate of drug-likeness (QED) is 0.872. The lowest BCUT2D eigenvalue weighted by Crippen LogP contribution is -2.39. The van der Waals surface area contributed by atoms with Gasteiger partial charge in [0.25, 0.3) is 0 Å². The fraction of sp³-hybridized carbons (Fsp3) is 0.533. The van der Waals surface area contributed by atoms with E-state index in [0.717, 1.165) is 24.1 Å². The van der Waals surface area contributed by atoms with Gasteiger partial charge in [-0.3, -0.25) is 4.79 Å². The third kappa shape index (κ3) is 3.10. The normalized spacial score (nSPS) is 22.5. The van der Waals surface area contributed by atoms with Gasteiger partial charge in [0.1, 0.15) is 0 Å². The number of hydrogen-bond acceptors (Lipinski definition) is 2. The maximum Gasteiger partial charge on any atom is 0.227 e. The van der Waals surface area contributed by atoms with Gasteiger partial charge in [-0.05, 0) is 45.2 Å². The minimum Gasteiger partial charge on any atom is -0.376 e. The Hall–Kier alpha value is -1.35. The van der Waals surface area contributed by atoms with Crippen LogP contribution in [0.15, 0.2) is 24.3 Å². The van der Waals surface area contributed by atoms with Crippen LogP contribution >= 0.6 is 0 Å². The Morgan fingerprint density at radius 2 is 2.11 bits per heavy atom. The Labute approximate surface area is 109 Å². The summed E-state index contributed by atoms with van der Waals surface area (Å²) in [6.45, 7) is 6.75. The highest BCUT2D eigenvalue weighted by atomic mass is 16.5. The van der Waals surface area contributed by atoms with Crippen molar-refractivity contribution < 1.29 is 9.53 Å². The Morgan fingerprint density at radius 1 is 1.39 bits per heavy atom. The van der Waals surface area contributed by atoms with Crippen LogP contribution < -0.4 is 5.32 Å². The number of rotatable bonds is 2. The first-order valence-electron chi connectivity index (χ1n) is 6.48. The minimum atomic E-state index is -0.189. The first kappa shape index (κ1) is 13.1. The van der Waals surface area contributed by atoms with Gasteiger partial charge in [0.2, 0.25) is 5.91 Å². The van der Waals surface area contributed by atoms with E-state index in [1.165, 1.54) is 0 Å². The van der Waals surface area contributed by atoms with Gasteiger partial charge in [-0.1, -0.05) is 18.2 Å².